The highest BCUT2D eigenvalue weighted by Crippen LogP contribution is 2.32. The minimum absolute atomic E-state index is 0.00166. The lowest BCUT2D eigenvalue weighted by Crippen LogP contribution is -2.50. The van der Waals surface area contributed by atoms with Gasteiger partial charge in [-0.1, -0.05) is 133 Å². The largest absolute Gasteiger partial charge is 0.457 e. The molecule has 0 amide bonds. The van der Waals surface area contributed by atoms with Crippen molar-refractivity contribution in [3.05, 3.63) is 78.9 Å². The van der Waals surface area contributed by atoms with Gasteiger partial charge in [0.2, 0.25) is 0 Å². The standard InChI is InChI=1S/C51H13B19N4O/c52-25-19-20-26(53)34(61)38(65)41(68)45(20)74(44(19)40(67)37(64)33(25)60)46-31(58)23(30(57)36(63)42(46)69)50-71-49(16-11-9-15(10-12-16)18-8-4-7-17(13-18)14-5-2-1-3-6-14)72-51(73-50)24-29(56)27(54)21-22-28(55)35(62)39(66)43(70)48(22)75-47(21)32(24)59/h1-13H. The lowest BCUT2D eigenvalue weighted by Gasteiger charge is -2.26. The average molecular weight is 903 g/mol. The van der Waals surface area contributed by atoms with E-state index >= 15 is 0 Å². The Morgan fingerprint density at radius 3 is 1.19 bits per heavy atom. The molecule has 0 spiro atoms. The molecule has 0 fully saturated rings. The number of benzene rings is 8. The quantitative estimate of drug-likeness (QED) is 0.156. The summed E-state index contributed by atoms with van der Waals surface area (Å²) in [5.41, 5.74) is 3.66. The minimum Gasteiger partial charge on any atom is -0.457 e. The Balaban J connectivity index is 1.21. The van der Waals surface area contributed by atoms with Crippen LogP contribution in [0, 0.1) is 0 Å². The summed E-state index contributed by atoms with van der Waals surface area (Å²) in [5, 5.41) is 0.886. The van der Waals surface area contributed by atoms with Gasteiger partial charge in [0.25, 0.3) is 0 Å². The smallest absolute Gasteiger partial charge is 0.164 e. The minimum atomic E-state index is -0.166. The molecule has 0 atom stereocenters. The van der Waals surface area contributed by atoms with Gasteiger partial charge in [-0.15, -0.1) is 38.2 Å². The molecule has 0 saturated heterocycles. The molecule has 0 bridgehead atoms. The van der Waals surface area contributed by atoms with Crippen LogP contribution in [0.1, 0.15) is 0 Å². The van der Waals surface area contributed by atoms with Crippen LogP contribution < -0.4 is 104 Å². The van der Waals surface area contributed by atoms with Crippen molar-refractivity contribution in [1.29, 1.82) is 0 Å². The second-order valence-electron chi connectivity index (χ2n) is 18.1. The van der Waals surface area contributed by atoms with Gasteiger partial charge in [-0.3, -0.25) is 0 Å². The molecule has 75 heavy (non-hydrogen) atoms. The third kappa shape index (κ3) is 7.45. The van der Waals surface area contributed by atoms with E-state index in [2.05, 4.69) is 6.07 Å². The van der Waals surface area contributed by atoms with Gasteiger partial charge < -0.3 is 8.98 Å². The molecule has 11 aromatic rings. The Bertz CT molecular complexity index is 4270. The van der Waals surface area contributed by atoms with Crippen molar-refractivity contribution < 1.29 is 4.42 Å². The van der Waals surface area contributed by atoms with Gasteiger partial charge in [0, 0.05) is 44.2 Å². The number of aromatic nitrogens is 4. The van der Waals surface area contributed by atoms with Crippen LogP contribution in [0.4, 0.5) is 0 Å². The van der Waals surface area contributed by atoms with E-state index in [1.54, 1.807) is 0 Å². The molecule has 0 unspecified atom stereocenters. The topological polar surface area (TPSA) is 56.7 Å². The zero-order valence-electron chi connectivity index (χ0n) is 39.7. The first-order valence-corrected chi connectivity index (χ1v) is 22.7. The van der Waals surface area contributed by atoms with Crippen LogP contribution in [0.5, 0.6) is 0 Å². The summed E-state index contributed by atoms with van der Waals surface area (Å²) < 4.78 is 7.76. The molecular weight excluding hydrogens is 890 g/mol. The number of hydrogen-bond donors (Lipinski definition) is 0. The molecule has 11 rings (SSSR count). The number of nitrogens with zero attached hydrogens (tertiary/aromatic N) is 4. The van der Waals surface area contributed by atoms with Gasteiger partial charge >= 0.3 is 0 Å². The Hall–Kier alpha value is -6.40. The Labute approximate surface area is 458 Å². The van der Waals surface area contributed by atoms with Gasteiger partial charge in [-0.05, 0) is 44.6 Å². The maximum atomic E-state index is 7.32. The van der Waals surface area contributed by atoms with Gasteiger partial charge in [0.1, 0.15) is 160 Å². The first-order valence-electron chi connectivity index (χ1n) is 22.7. The van der Waals surface area contributed by atoms with Crippen molar-refractivity contribution in [3.63, 3.8) is 0 Å². The predicted molar refractivity (Wildman–Crippen MR) is 331 cm³/mol. The second kappa shape index (κ2) is 18.4. The first kappa shape index (κ1) is 50.7. The van der Waals surface area contributed by atoms with Gasteiger partial charge in [-0.2, -0.15) is 0 Å². The van der Waals surface area contributed by atoms with Gasteiger partial charge in [-0.25, -0.2) is 15.0 Å². The number of furan rings is 1. The fourth-order valence-electron chi connectivity index (χ4n) is 9.92. The van der Waals surface area contributed by atoms with Crippen molar-refractivity contribution >= 4 is 297 Å². The molecule has 0 aliphatic carbocycles. The van der Waals surface area contributed by atoms with Crippen molar-refractivity contribution in [2.24, 2.45) is 0 Å². The summed E-state index contributed by atoms with van der Waals surface area (Å²) in [5.74, 6) is -0.183. The summed E-state index contributed by atoms with van der Waals surface area (Å²) >= 11 is 0. The van der Waals surface area contributed by atoms with Crippen molar-refractivity contribution in [2.75, 3.05) is 0 Å². The van der Waals surface area contributed by atoms with E-state index in [0.717, 1.165) is 22.3 Å². The summed E-state index contributed by atoms with van der Waals surface area (Å²) in [6, 6.07) is 25.7. The van der Waals surface area contributed by atoms with Crippen molar-refractivity contribution in [2.45, 2.75) is 0 Å². The molecule has 0 aliphatic rings. The molecule has 3 aromatic heterocycles. The van der Waals surface area contributed by atoms with Crippen LogP contribution in [0.3, 0.4) is 0 Å². The van der Waals surface area contributed by atoms with Crippen molar-refractivity contribution in [3.8, 4) is 62.1 Å². The molecule has 5 nitrogen and oxygen atoms in total. The van der Waals surface area contributed by atoms with E-state index in [9.17, 15) is 0 Å². The summed E-state index contributed by atoms with van der Waals surface area (Å²) in [6.45, 7) is 0. The van der Waals surface area contributed by atoms with Crippen LogP contribution in [0.2, 0.25) is 0 Å². The number of rotatable bonds is 6. The van der Waals surface area contributed by atoms with E-state index in [1.807, 2.05) is 72.8 Å². The zero-order valence-corrected chi connectivity index (χ0v) is 39.7. The van der Waals surface area contributed by atoms with E-state index in [-0.39, 0.29) is 182 Å². The third-order valence-corrected chi connectivity index (χ3v) is 14.0. The highest BCUT2D eigenvalue weighted by atomic mass is 16.3. The molecule has 38 radical (unpaired) electrons. The summed E-state index contributed by atoms with van der Waals surface area (Å²) in [7, 11) is 127. The van der Waals surface area contributed by atoms with Crippen LogP contribution in [-0.2, 0) is 0 Å². The van der Waals surface area contributed by atoms with E-state index in [1.165, 1.54) is 4.57 Å². The highest BCUT2D eigenvalue weighted by Gasteiger charge is 2.29. The normalized spacial score (nSPS) is 11.7. The van der Waals surface area contributed by atoms with Crippen molar-refractivity contribution in [1.82, 2.24) is 19.5 Å². The first-order chi connectivity index (χ1) is 35.7. The molecule has 8 aromatic carbocycles. The lowest BCUT2D eigenvalue weighted by molar-refractivity contribution is 0.675. The summed E-state index contributed by atoms with van der Waals surface area (Å²) in [4.78, 5) is 14.9. The molecule has 0 aliphatic heterocycles. The Kier molecular flexibility index (Phi) is 12.5. The SMILES string of the molecule is [B]c1c([B])c(-c2nc(-c3ccc(-c4cccc(-c5ccccc5)c4)cc3)nc(-c3c([B])c([B])c4c(oc5c([B])c([B])c([B])c([B])c54)c3[B])n2)c([B])c(-n2c3c([B])c([B])c([B])c([B])c3c3c([B])c([B])c([B])c([B])c32)c1[B]. The fourth-order valence-corrected chi connectivity index (χ4v) is 9.92. The fraction of sp³-hybridized carbons (Fsp3) is 0. The second-order valence-corrected chi connectivity index (χ2v) is 18.1. The monoisotopic (exact) mass is 906 g/mol. The molecule has 0 N–H and O–H groups in total. The van der Waals surface area contributed by atoms with Crippen LogP contribution in [-0.4, -0.2) is 169 Å². The van der Waals surface area contributed by atoms with Crippen LogP contribution in [0.15, 0.2) is 83.3 Å². The Morgan fingerprint density at radius 2 is 0.653 bits per heavy atom. The predicted octanol–water partition coefficient (Wildman–Crippen LogP) is -9.71. The number of fused-ring (bicyclic) bond motifs is 6. The average Bonchev–Trinajstić information content (AvgIpc) is 4.00. The van der Waals surface area contributed by atoms with Gasteiger partial charge in [0.15, 0.2) is 17.5 Å². The molecular formula is C51H13B19N4O. The third-order valence-electron chi connectivity index (χ3n) is 14.0. The van der Waals surface area contributed by atoms with Gasteiger partial charge in [0.05, 0.1) is 0 Å². The zero-order chi connectivity index (χ0) is 53.5. The maximum Gasteiger partial charge on any atom is 0.164 e. The maximum absolute atomic E-state index is 7.32. The molecule has 0 saturated carbocycles. The molecule has 3 heterocycles. The van der Waals surface area contributed by atoms with Crippen LogP contribution >= 0.6 is 0 Å². The van der Waals surface area contributed by atoms with Crippen LogP contribution in [0.25, 0.3) is 106 Å². The molecule has 24 heteroatoms. The Morgan fingerprint density at radius 1 is 0.280 bits per heavy atom. The highest BCUT2D eigenvalue weighted by molar-refractivity contribution is 6.73. The van der Waals surface area contributed by atoms with E-state index in [0.29, 0.717) is 5.56 Å². The molecule has 300 valence electrons. The number of hydrogen-bond acceptors (Lipinski definition) is 4. The lowest BCUT2D eigenvalue weighted by atomic mass is 9.63. The van der Waals surface area contributed by atoms with E-state index < -0.39 is 0 Å². The van der Waals surface area contributed by atoms with E-state index in [4.69, 9.17) is 168 Å². The summed E-state index contributed by atoms with van der Waals surface area (Å²) in [6.07, 6.45) is 0.